The molecular formula is C56H54N4S4. The molecule has 8 bridgehead atoms. The van der Waals surface area contributed by atoms with Crippen molar-refractivity contribution in [2.24, 2.45) is 0 Å². The zero-order valence-corrected chi connectivity index (χ0v) is 41.2. The molecule has 0 unspecified atom stereocenters. The van der Waals surface area contributed by atoms with E-state index in [0.717, 1.165) is 92.8 Å². The van der Waals surface area contributed by atoms with Gasteiger partial charge in [0.25, 0.3) is 0 Å². The van der Waals surface area contributed by atoms with Gasteiger partial charge in [-0.15, -0.1) is 47.0 Å². The number of hydrogen-bond donors (Lipinski definition) is 2. The molecule has 4 aromatic carbocycles. The van der Waals surface area contributed by atoms with Crippen molar-refractivity contribution in [2.45, 2.75) is 73.0 Å². The van der Waals surface area contributed by atoms with E-state index >= 15 is 0 Å². The predicted molar refractivity (Wildman–Crippen MR) is 285 cm³/mol. The third kappa shape index (κ3) is 7.80. The lowest BCUT2D eigenvalue weighted by Gasteiger charge is -2.15. The molecule has 5 heterocycles. The molecule has 2 aliphatic rings. The number of fused-ring (bicyclic) bond motifs is 8. The van der Waals surface area contributed by atoms with Crippen molar-refractivity contribution in [3.63, 3.8) is 0 Å². The summed E-state index contributed by atoms with van der Waals surface area (Å²) in [4.78, 5) is 24.6. The maximum Gasteiger partial charge on any atom is 0.0737 e. The zero-order chi connectivity index (χ0) is 44.5. The van der Waals surface area contributed by atoms with Gasteiger partial charge in [0.2, 0.25) is 0 Å². The van der Waals surface area contributed by atoms with E-state index < -0.39 is 0 Å². The number of benzene rings is 4. The monoisotopic (exact) mass is 910 g/mol. The highest BCUT2D eigenvalue weighted by atomic mass is 32.2. The lowest BCUT2D eigenvalue weighted by atomic mass is 9.96. The summed E-state index contributed by atoms with van der Waals surface area (Å²) in [5.74, 6) is 0. The van der Waals surface area contributed by atoms with Crippen molar-refractivity contribution in [1.29, 1.82) is 0 Å². The van der Waals surface area contributed by atoms with Crippen LogP contribution in [0, 0.1) is 0 Å². The zero-order valence-electron chi connectivity index (χ0n) is 37.9. The molecule has 0 aliphatic carbocycles. The molecule has 0 saturated carbocycles. The topological polar surface area (TPSA) is 57.4 Å². The molecule has 0 amide bonds. The summed E-state index contributed by atoms with van der Waals surface area (Å²) in [5.41, 5.74) is 22.3. The molecule has 64 heavy (non-hydrogen) atoms. The van der Waals surface area contributed by atoms with E-state index in [2.05, 4.69) is 184 Å². The van der Waals surface area contributed by atoms with Gasteiger partial charge in [0, 0.05) is 63.9 Å². The molecule has 322 valence electrons. The first kappa shape index (κ1) is 44.1. The average molecular weight is 911 g/mol. The molecular weight excluding hydrogens is 857 g/mol. The van der Waals surface area contributed by atoms with E-state index in [1.807, 2.05) is 0 Å². The Hall–Kier alpha value is -5.12. The Labute approximate surface area is 395 Å². The molecule has 4 nitrogen and oxygen atoms in total. The second kappa shape index (κ2) is 19.2. The summed E-state index contributed by atoms with van der Waals surface area (Å²) in [7, 11) is 0. The highest BCUT2D eigenvalue weighted by Gasteiger charge is 2.23. The van der Waals surface area contributed by atoms with Gasteiger partial charge in [0.1, 0.15) is 0 Å². The fourth-order valence-electron chi connectivity index (χ4n) is 9.76. The summed E-state index contributed by atoms with van der Waals surface area (Å²) in [6, 6.07) is 35.9. The van der Waals surface area contributed by atoms with E-state index in [9.17, 15) is 0 Å². The molecule has 0 saturated heterocycles. The van der Waals surface area contributed by atoms with Crippen LogP contribution in [0.15, 0.2) is 117 Å². The van der Waals surface area contributed by atoms with Crippen molar-refractivity contribution in [2.75, 3.05) is 25.0 Å². The van der Waals surface area contributed by atoms with E-state index in [0.29, 0.717) is 0 Å². The minimum Gasteiger partial charge on any atom is -0.354 e. The number of aromatic nitrogens is 4. The quantitative estimate of drug-likeness (QED) is 0.119. The van der Waals surface area contributed by atoms with Crippen LogP contribution >= 0.6 is 47.0 Å². The fraction of sp³-hybridized carbons (Fsp3) is 0.214. The minimum absolute atomic E-state index is 0.901. The van der Waals surface area contributed by atoms with E-state index in [-0.39, 0.29) is 0 Å². The van der Waals surface area contributed by atoms with Crippen molar-refractivity contribution < 1.29 is 0 Å². The lowest BCUT2D eigenvalue weighted by Crippen LogP contribution is -1.96. The predicted octanol–water partition coefficient (Wildman–Crippen LogP) is 16.5. The van der Waals surface area contributed by atoms with Crippen LogP contribution in [0.2, 0.25) is 0 Å². The van der Waals surface area contributed by atoms with Crippen LogP contribution in [0.25, 0.3) is 90.9 Å². The van der Waals surface area contributed by atoms with Gasteiger partial charge in [-0.1, -0.05) is 76.2 Å². The molecule has 7 aromatic rings. The van der Waals surface area contributed by atoms with Crippen LogP contribution in [0.4, 0.5) is 0 Å². The Bertz CT molecular complexity index is 2760. The molecule has 2 N–H and O–H groups in total. The first-order valence-electron chi connectivity index (χ1n) is 22.2. The summed E-state index contributed by atoms with van der Waals surface area (Å²) in [6.45, 7) is 9.06. The third-order valence-electron chi connectivity index (χ3n) is 12.7. The first-order chi connectivity index (χ1) is 31.4. The van der Waals surface area contributed by atoms with Gasteiger partial charge in [0.15, 0.2) is 0 Å². The standard InChI is InChI=1S/C56H54N4S4/c1-9-33-37(17-13-21-49(33)61-5)53-41-25-27-43(57-41)54(38-18-14-22-50(62-6)34(38)10-2)45-29-31-47(59-45)56(40-20-16-24-52(64-8)36(40)12-4)48-32-30-46(60-48)55(44-28-26-42(53)58-44)39-19-15-23-51(63-7)35(39)11-3/h13-32,57,60H,9-12H2,1-8H3. The normalized spacial score (nSPS) is 12.1. The Morgan fingerprint density at radius 2 is 0.578 bits per heavy atom. The van der Waals surface area contributed by atoms with Gasteiger partial charge in [-0.3, -0.25) is 0 Å². The Morgan fingerprint density at radius 3 is 0.781 bits per heavy atom. The van der Waals surface area contributed by atoms with Crippen molar-refractivity contribution >= 4 is 93.4 Å². The molecule has 2 aliphatic heterocycles. The Morgan fingerprint density at radius 1 is 0.344 bits per heavy atom. The molecule has 0 fully saturated rings. The third-order valence-corrected chi connectivity index (χ3v) is 15.9. The highest BCUT2D eigenvalue weighted by molar-refractivity contribution is 7.99. The smallest absolute Gasteiger partial charge is 0.0737 e. The molecule has 3 aromatic heterocycles. The van der Waals surface area contributed by atoms with Gasteiger partial charge in [0.05, 0.1) is 22.8 Å². The number of H-pyrrole nitrogens is 2. The number of aromatic amines is 2. The van der Waals surface area contributed by atoms with Crippen LogP contribution in [0.3, 0.4) is 0 Å². The number of nitrogens with zero attached hydrogens (tertiary/aromatic N) is 2. The van der Waals surface area contributed by atoms with Crippen molar-refractivity contribution in [3.05, 3.63) is 142 Å². The van der Waals surface area contributed by atoms with Gasteiger partial charge in [-0.05, 0) is 168 Å². The SMILES string of the molecule is CCc1c(SC)cccc1-c1c2nc(c(-c3cccc(SC)c3CC)c3ccc([nH]3)c(-c3cccc(SC)c3CC)c3nc(c(-c4cccc(SC)c4CC)c4ccc1[nH]4)C=C3)C=C2. The van der Waals surface area contributed by atoms with Gasteiger partial charge in [-0.25, -0.2) is 9.97 Å². The fourth-order valence-corrected chi connectivity index (χ4v) is 12.6. The molecule has 0 atom stereocenters. The van der Waals surface area contributed by atoms with Crippen molar-refractivity contribution in [3.8, 4) is 44.5 Å². The second-order valence-corrected chi connectivity index (χ2v) is 19.3. The van der Waals surface area contributed by atoms with E-state index in [1.54, 1.807) is 47.0 Å². The van der Waals surface area contributed by atoms with E-state index in [4.69, 9.17) is 9.97 Å². The summed E-state index contributed by atoms with van der Waals surface area (Å²) in [5, 5.41) is 0. The molecule has 0 radical (unpaired) electrons. The number of hydrogen-bond acceptors (Lipinski definition) is 6. The lowest BCUT2D eigenvalue weighted by molar-refractivity contribution is 1.08. The Balaban J connectivity index is 1.53. The summed E-state index contributed by atoms with van der Waals surface area (Å²) in [6.07, 6.45) is 21.2. The van der Waals surface area contributed by atoms with Crippen LogP contribution in [-0.2, 0) is 25.7 Å². The van der Waals surface area contributed by atoms with Crippen molar-refractivity contribution in [1.82, 2.24) is 19.9 Å². The van der Waals surface area contributed by atoms with Gasteiger partial charge in [-0.2, -0.15) is 0 Å². The highest BCUT2D eigenvalue weighted by Crippen LogP contribution is 2.44. The number of thioether (sulfide) groups is 4. The van der Waals surface area contributed by atoms with Crippen LogP contribution in [0.1, 0.15) is 72.7 Å². The first-order valence-corrected chi connectivity index (χ1v) is 27.1. The van der Waals surface area contributed by atoms with Crippen LogP contribution in [-0.4, -0.2) is 45.0 Å². The maximum absolute atomic E-state index is 5.69. The second-order valence-electron chi connectivity index (χ2n) is 15.9. The van der Waals surface area contributed by atoms with E-state index in [1.165, 1.54) is 64.1 Å². The number of nitrogens with one attached hydrogen (secondary N) is 2. The molecule has 9 rings (SSSR count). The van der Waals surface area contributed by atoms with Gasteiger partial charge < -0.3 is 9.97 Å². The maximum atomic E-state index is 5.69. The number of rotatable bonds is 12. The Kier molecular flexibility index (Phi) is 13.2. The van der Waals surface area contributed by atoms with Crippen LogP contribution in [0.5, 0.6) is 0 Å². The largest absolute Gasteiger partial charge is 0.354 e. The molecule has 0 spiro atoms. The average Bonchev–Trinajstić information content (AvgIpc) is 4.19. The summed E-state index contributed by atoms with van der Waals surface area (Å²) >= 11 is 7.22. The minimum atomic E-state index is 0.901. The molecule has 8 heteroatoms. The van der Waals surface area contributed by atoms with Gasteiger partial charge >= 0.3 is 0 Å². The van der Waals surface area contributed by atoms with Crippen LogP contribution < -0.4 is 0 Å². The summed E-state index contributed by atoms with van der Waals surface area (Å²) < 4.78 is 0.